The van der Waals surface area contributed by atoms with Gasteiger partial charge in [-0.1, -0.05) is 11.6 Å². The maximum absolute atomic E-state index is 12.2. The molecule has 1 saturated heterocycles. The normalized spacial score (nSPS) is 20.9. The molecular formula is C10H12BrClN2O2S2. The monoisotopic (exact) mass is 370 g/mol. The van der Waals surface area contributed by atoms with Gasteiger partial charge >= 0.3 is 0 Å². The molecule has 2 rings (SSSR count). The molecule has 1 aromatic rings. The summed E-state index contributed by atoms with van der Waals surface area (Å²) in [5.74, 6) is 1.90. The van der Waals surface area contributed by atoms with E-state index in [2.05, 4.69) is 25.6 Å². The van der Waals surface area contributed by atoms with Crippen LogP contribution in [-0.2, 0) is 10.0 Å². The average Bonchev–Trinajstić information content (AvgIpc) is 2.33. The fourth-order valence-corrected chi connectivity index (χ4v) is 5.10. The van der Waals surface area contributed by atoms with Gasteiger partial charge in [0, 0.05) is 22.5 Å². The fraction of sp³-hybridized carbons (Fsp3) is 0.500. The Kier molecular flexibility index (Phi) is 4.93. The molecule has 1 aliphatic heterocycles. The molecule has 1 unspecified atom stereocenters. The first kappa shape index (κ1) is 14.6. The molecule has 0 saturated carbocycles. The van der Waals surface area contributed by atoms with Crippen molar-refractivity contribution in [3.63, 3.8) is 0 Å². The van der Waals surface area contributed by atoms with Crippen molar-refractivity contribution in [3.05, 3.63) is 21.9 Å². The van der Waals surface area contributed by atoms with Crippen LogP contribution in [0.1, 0.15) is 12.8 Å². The minimum absolute atomic E-state index is 0.00541. The van der Waals surface area contributed by atoms with Crippen molar-refractivity contribution in [2.75, 3.05) is 11.5 Å². The predicted octanol–water partition coefficient (Wildman–Crippen LogP) is 2.67. The lowest BCUT2D eigenvalue weighted by atomic mass is 10.2. The maximum Gasteiger partial charge on any atom is 0.243 e. The minimum atomic E-state index is -3.60. The van der Waals surface area contributed by atoms with Crippen LogP contribution in [-0.4, -0.2) is 30.9 Å². The number of halogens is 2. The summed E-state index contributed by atoms with van der Waals surface area (Å²) in [6.07, 6.45) is 3.37. The Morgan fingerprint density at radius 2 is 2.33 bits per heavy atom. The molecule has 2 heterocycles. The van der Waals surface area contributed by atoms with Crippen LogP contribution in [0.25, 0.3) is 0 Å². The van der Waals surface area contributed by atoms with E-state index in [1.807, 2.05) is 0 Å². The number of pyridine rings is 1. The van der Waals surface area contributed by atoms with E-state index in [-0.39, 0.29) is 16.1 Å². The van der Waals surface area contributed by atoms with Gasteiger partial charge in [0.15, 0.2) is 0 Å². The van der Waals surface area contributed by atoms with Gasteiger partial charge in [-0.3, -0.25) is 0 Å². The number of hydrogen-bond acceptors (Lipinski definition) is 4. The molecule has 18 heavy (non-hydrogen) atoms. The molecule has 1 fully saturated rings. The summed E-state index contributed by atoms with van der Waals surface area (Å²) in [4.78, 5) is 3.85. The SMILES string of the molecule is O=S(=O)(NC1CCCSC1)c1cc(Br)cnc1Cl. The molecule has 0 amide bonds. The summed E-state index contributed by atoms with van der Waals surface area (Å²) in [7, 11) is -3.60. The van der Waals surface area contributed by atoms with Crippen molar-refractivity contribution in [1.29, 1.82) is 0 Å². The number of sulfonamides is 1. The van der Waals surface area contributed by atoms with E-state index >= 15 is 0 Å². The zero-order valence-electron chi connectivity index (χ0n) is 9.40. The molecule has 0 aromatic carbocycles. The summed E-state index contributed by atoms with van der Waals surface area (Å²) >= 11 is 10.8. The largest absolute Gasteiger partial charge is 0.243 e. The second kappa shape index (κ2) is 6.09. The third-order valence-electron chi connectivity index (χ3n) is 2.55. The van der Waals surface area contributed by atoms with Crippen LogP contribution < -0.4 is 4.72 Å². The van der Waals surface area contributed by atoms with Crippen molar-refractivity contribution >= 4 is 49.3 Å². The van der Waals surface area contributed by atoms with Crippen LogP contribution in [0.5, 0.6) is 0 Å². The van der Waals surface area contributed by atoms with Crippen molar-refractivity contribution in [2.24, 2.45) is 0 Å². The van der Waals surface area contributed by atoms with E-state index in [0.717, 1.165) is 24.3 Å². The number of nitrogens with zero attached hydrogens (tertiary/aromatic N) is 1. The summed E-state index contributed by atoms with van der Waals surface area (Å²) in [6, 6.07) is 1.44. The van der Waals surface area contributed by atoms with Gasteiger partial charge in [0.25, 0.3) is 0 Å². The van der Waals surface area contributed by atoms with Gasteiger partial charge in [-0.25, -0.2) is 18.1 Å². The van der Waals surface area contributed by atoms with Crippen LogP contribution in [0.3, 0.4) is 0 Å². The Morgan fingerprint density at radius 3 is 3.00 bits per heavy atom. The van der Waals surface area contributed by atoms with Crippen molar-refractivity contribution in [2.45, 2.75) is 23.8 Å². The van der Waals surface area contributed by atoms with Gasteiger partial charge in [-0.15, -0.1) is 0 Å². The molecule has 100 valence electrons. The third kappa shape index (κ3) is 3.60. The Balaban J connectivity index is 2.21. The van der Waals surface area contributed by atoms with E-state index < -0.39 is 10.0 Å². The highest BCUT2D eigenvalue weighted by atomic mass is 79.9. The van der Waals surface area contributed by atoms with E-state index in [0.29, 0.717) is 4.47 Å². The van der Waals surface area contributed by atoms with E-state index in [4.69, 9.17) is 11.6 Å². The van der Waals surface area contributed by atoms with Crippen molar-refractivity contribution in [3.8, 4) is 0 Å². The van der Waals surface area contributed by atoms with Gasteiger partial charge < -0.3 is 0 Å². The molecule has 1 aromatic heterocycles. The molecule has 1 atom stereocenters. The Bertz CT molecular complexity index is 533. The molecule has 1 N–H and O–H groups in total. The predicted molar refractivity (Wildman–Crippen MR) is 77.6 cm³/mol. The molecule has 0 spiro atoms. The summed E-state index contributed by atoms with van der Waals surface area (Å²) in [5.41, 5.74) is 0. The minimum Gasteiger partial charge on any atom is -0.242 e. The van der Waals surface area contributed by atoms with Crippen LogP contribution >= 0.6 is 39.3 Å². The zero-order valence-corrected chi connectivity index (χ0v) is 13.4. The van der Waals surface area contributed by atoms with Crippen molar-refractivity contribution < 1.29 is 8.42 Å². The number of nitrogens with one attached hydrogen (secondary N) is 1. The smallest absolute Gasteiger partial charge is 0.242 e. The lowest BCUT2D eigenvalue weighted by Gasteiger charge is -2.22. The van der Waals surface area contributed by atoms with Gasteiger partial charge in [-0.2, -0.15) is 11.8 Å². The molecule has 0 bridgehead atoms. The zero-order chi connectivity index (χ0) is 13.2. The van der Waals surface area contributed by atoms with Gasteiger partial charge in [0.1, 0.15) is 10.0 Å². The topological polar surface area (TPSA) is 59.1 Å². The summed E-state index contributed by atoms with van der Waals surface area (Å²) in [5, 5.41) is -0.00541. The highest BCUT2D eigenvalue weighted by molar-refractivity contribution is 9.10. The Morgan fingerprint density at radius 1 is 1.56 bits per heavy atom. The van der Waals surface area contributed by atoms with E-state index in [9.17, 15) is 8.42 Å². The molecule has 4 nitrogen and oxygen atoms in total. The summed E-state index contributed by atoms with van der Waals surface area (Å²) in [6.45, 7) is 0. The number of aromatic nitrogens is 1. The fourth-order valence-electron chi connectivity index (χ4n) is 1.71. The first-order valence-corrected chi connectivity index (χ1v) is 9.21. The quantitative estimate of drug-likeness (QED) is 0.830. The Hall–Kier alpha value is 0.180. The standard InChI is InChI=1S/C10H12BrClN2O2S2/c11-7-4-9(10(12)13-5-7)18(15,16)14-8-2-1-3-17-6-8/h4-5,8,14H,1-3,6H2. The lowest BCUT2D eigenvalue weighted by molar-refractivity contribution is 0.543. The highest BCUT2D eigenvalue weighted by Crippen LogP contribution is 2.24. The van der Waals surface area contributed by atoms with Gasteiger partial charge in [-0.05, 0) is 40.6 Å². The van der Waals surface area contributed by atoms with Gasteiger partial charge in [0.05, 0.1) is 0 Å². The van der Waals surface area contributed by atoms with Gasteiger partial charge in [0.2, 0.25) is 10.0 Å². The maximum atomic E-state index is 12.2. The average molecular weight is 372 g/mol. The second-order valence-corrected chi connectivity index (χ2v) is 8.08. The third-order valence-corrected chi connectivity index (χ3v) is 6.14. The summed E-state index contributed by atoms with van der Waals surface area (Å²) < 4.78 is 27.7. The van der Waals surface area contributed by atoms with E-state index in [1.165, 1.54) is 12.3 Å². The number of rotatable bonds is 3. The van der Waals surface area contributed by atoms with Crippen molar-refractivity contribution in [1.82, 2.24) is 9.71 Å². The first-order valence-electron chi connectivity index (χ1n) is 5.40. The van der Waals surface area contributed by atoms with E-state index in [1.54, 1.807) is 11.8 Å². The number of hydrogen-bond donors (Lipinski definition) is 1. The first-order chi connectivity index (χ1) is 8.49. The van der Waals surface area contributed by atoms with Crippen LogP contribution in [0, 0.1) is 0 Å². The molecule has 0 radical (unpaired) electrons. The van der Waals surface area contributed by atoms with Crippen LogP contribution in [0.15, 0.2) is 21.6 Å². The number of thioether (sulfide) groups is 1. The molecule has 0 aliphatic carbocycles. The van der Waals surface area contributed by atoms with Crippen LogP contribution in [0.2, 0.25) is 5.15 Å². The Labute approximate surface area is 124 Å². The molecule has 8 heteroatoms. The highest BCUT2D eigenvalue weighted by Gasteiger charge is 2.24. The lowest BCUT2D eigenvalue weighted by Crippen LogP contribution is -2.38. The second-order valence-electron chi connectivity index (χ2n) is 3.98. The molecular weight excluding hydrogens is 360 g/mol. The van der Waals surface area contributed by atoms with Crippen LogP contribution in [0.4, 0.5) is 0 Å². The molecule has 1 aliphatic rings.